The van der Waals surface area contributed by atoms with Crippen molar-refractivity contribution in [1.29, 1.82) is 0 Å². The summed E-state index contributed by atoms with van der Waals surface area (Å²) < 4.78 is 10.7. The van der Waals surface area contributed by atoms with Crippen LogP contribution in [0.2, 0.25) is 0 Å². The van der Waals surface area contributed by atoms with Crippen molar-refractivity contribution in [2.24, 2.45) is 0 Å². The van der Waals surface area contributed by atoms with Crippen LogP contribution in [-0.4, -0.2) is 30.3 Å². The second-order valence-corrected chi connectivity index (χ2v) is 4.84. The van der Waals surface area contributed by atoms with Crippen LogP contribution in [0.25, 0.3) is 0 Å². The van der Waals surface area contributed by atoms with E-state index in [0.29, 0.717) is 11.8 Å². The van der Waals surface area contributed by atoms with E-state index >= 15 is 0 Å². The Labute approximate surface area is 123 Å². The van der Waals surface area contributed by atoms with Crippen molar-refractivity contribution in [3.8, 4) is 5.75 Å². The Morgan fingerprint density at radius 2 is 2.05 bits per heavy atom. The van der Waals surface area contributed by atoms with Crippen LogP contribution in [-0.2, 0) is 17.6 Å². The summed E-state index contributed by atoms with van der Waals surface area (Å²) in [6.07, 6.45) is 0.893. The molecule has 0 aliphatic carbocycles. The number of hydrogen-bond donors (Lipinski definition) is 1. The molecule has 0 aliphatic heterocycles. The summed E-state index contributed by atoms with van der Waals surface area (Å²) in [5.41, 5.74) is 1.16. The van der Waals surface area contributed by atoms with Crippen LogP contribution in [0.3, 0.4) is 0 Å². The molecule has 1 aromatic heterocycles. The van der Waals surface area contributed by atoms with E-state index in [1.54, 1.807) is 14.2 Å². The second-order valence-electron chi connectivity index (χ2n) is 4.84. The number of benzene rings is 1. The standard InChI is InChI=1S/C15H19N3O3/c1-10(8-11-4-6-12(20-3)7-5-11)15-18-17-14(21-15)9-13(19)16-2/h4-7,10H,8-9H2,1-3H3,(H,16,19)/t10-/m0/s1. The summed E-state index contributed by atoms with van der Waals surface area (Å²) in [4.78, 5) is 11.3. The minimum absolute atomic E-state index is 0.0873. The van der Waals surface area contributed by atoms with Gasteiger partial charge in [-0.25, -0.2) is 0 Å². The molecule has 0 radical (unpaired) electrons. The zero-order chi connectivity index (χ0) is 15.2. The van der Waals surface area contributed by atoms with Crippen LogP contribution in [0, 0.1) is 0 Å². The average Bonchev–Trinajstić information content (AvgIpc) is 2.96. The monoisotopic (exact) mass is 289 g/mol. The Balaban J connectivity index is 1.99. The summed E-state index contributed by atoms with van der Waals surface area (Å²) in [6.45, 7) is 2.02. The first-order chi connectivity index (χ1) is 10.1. The molecule has 0 saturated carbocycles. The van der Waals surface area contributed by atoms with Crippen LogP contribution in [0.5, 0.6) is 5.75 Å². The van der Waals surface area contributed by atoms with E-state index < -0.39 is 0 Å². The lowest BCUT2D eigenvalue weighted by Crippen LogP contribution is -2.20. The summed E-state index contributed by atoms with van der Waals surface area (Å²) in [5, 5.41) is 10.4. The number of carbonyl (C=O) groups excluding carboxylic acids is 1. The Morgan fingerprint density at radius 1 is 1.33 bits per heavy atom. The largest absolute Gasteiger partial charge is 0.497 e. The van der Waals surface area contributed by atoms with Crippen molar-refractivity contribution in [1.82, 2.24) is 15.5 Å². The van der Waals surface area contributed by atoms with Gasteiger partial charge in [0, 0.05) is 13.0 Å². The van der Waals surface area contributed by atoms with Crippen molar-refractivity contribution < 1.29 is 13.9 Å². The molecule has 2 aromatic rings. The van der Waals surface area contributed by atoms with Gasteiger partial charge in [0.1, 0.15) is 12.2 Å². The molecule has 21 heavy (non-hydrogen) atoms. The number of hydrogen-bond acceptors (Lipinski definition) is 5. The number of ether oxygens (including phenoxy) is 1. The molecule has 6 heteroatoms. The second kappa shape index (κ2) is 6.88. The molecule has 0 bridgehead atoms. The van der Waals surface area contributed by atoms with Crippen molar-refractivity contribution >= 4 is 5.91 Å². The molecule has 1 aromatic carbocycles. The van der Waals surface area contributed by atoms with Crippen molar-refractivity contribution in [3.63, 3.8) is 0 Å². The Hall–Kier alpha value is -2.37. The third-order valence-electron chi connectivity index (χ3n) is 3.20. The number of methoxy groups -OCH3 is 1. The normalized spacial score (nSPS) is 12.0. The predicted octanol–water partition coefficient (Wildman–Crippen LogP) is 1.71. The third-order valence-corrected chi connectivity index (χ3v) is 3.20. The predicted molar refractivity (Wildman–Crippen MR) is 77.2 cm³/mol. The summed E-state index contributed by atoms with van der Waals surface area (Å²) in [7, 11) is 3.22. The first-order valence-corrected chi connectivity index (χ1v) is 6.78. The quantitative estimate of drug-likeness (QED) is 0.876. The van der Waals surface area contributed by atoms with E-state index in [1.807, 2.05) is 31.2 Å². The topological polar surface area (TPSA) is 77.2 Å². The molecule has 6 nitrogen and oxygen atoms in total. The molecular weight excluding hydrogens is 270 g/mol. The molecule has 2 rings (SSSR count). The minimum atomic E-state index is -0.145. The number of rotatable bonds is 6. The highest BCUT2D eigenvalue weighted by molar-refractivity contribution is 5.77. The van der Waals surface area contributed by atoms with Gasteiger partial charge in [0.2, 0.25) is 17.7 Å². The van der Waals surface area contributed by atoms with Gasteiger partial charge >= 0.3 is 0 Å². The number of amides is 1. The molecule has 0 spiro atoms. The van der Waals surface area contributed by atoms with Gasteiger partial charge in [-0.3, -0.25) is 4.79 Å². The van der Waals surface area contributed by atoms with Crippen LogP contribution in [0.4, 0.5) is 0 Å². The van der Waals surface area contributed by atoms with Gasteiger partial charge in [0.25, 0.3) is 0 Å². The van der Waals surface area contributed by atoms with Crippen molar-refractivity contribution in [2.45, 2.75) is 25.7 Å². The van der Waals surface area contributed by atoms with E-state index in [2.05, 4.69) is 15.5 Å². The minimum Gasteiger partial charge on any atom is -0.497 e. The average molecular weight is 289 g/mol. The van der Waals surface area contributed by atoms with Gasteiger partial charge < -0.3 is 14.5 Å². The van der Waals surface area contributed by atoms with Gasteiger partial charge in [-0.1, -0.05) is 19.1 Å². The highest BCUT2D eigenvalue weighted by atomic mass is 16.5. The first-order valence-electron chi connectivity index (χ1n) is 6.78. The van der Waals surface area contributed by atoms with Crippen LogP contribution >= 0.6 is 0 Å². The number of nitrogens with zero attached hydrogens (tertiary/aromatic N) is 2. The molecule has 1 atom stereocenters. The van der Waals surface area contributed by atoms with E-state index in [9.17, 15) is 4.79 Å². The third kappa shape index (κ3) is 4.05. The van der Waals surface area contributed by atoms with E-state index in [-0.39, 0.29) is 18.2 Å². The SMILES string of the molecule is CNC(=O)Cc1nnc([C@@H](C)Cc2ccc(OC)cc2)o1. The van der Waals surface area contributed by atoms with Gasteiger partial charge in [-0.2, -0.15) is 0 Å². The fraction of sp³-hybridized carbons (Fsp3) is 0.400. The van der Waals surface area contributed by atoms with Crippen LogP contribution in [0.15, 0.2) is 28.7 Å². The summed E-state index contributed by atoms with van der Waals surface area (Å²) >= 11 is 0. The molecule has 1 heterocycles. The molecule has 0 saturated heterocycles. The zero-order valence-corrected chi connectivity index (χ0v) is 12.4. The maximum absolute atomic E-state index is 11.3. The maximum atomic E-state index is 11.3. The van der Waals surface area contributed by atoms with Crippen LogP contribution in [0.1, 0.15) is 30.2 Å². The highest BCUT2D eigenvalue weighted by Gasteiger charge is 2.16. The molecular formula is C15H19N3O3. The molecule has 1 N–H and O–H groups in total. The lowest BCUT2D eigenvalue weighted by atomic mass is 10.0. The molecule has 0 fully saturated rings. The molecule has 112 valence electrons. The highest BCUT2D eigenvalue weighted by Crippen LogP contribution is 2.21. The zero-order valence-electron chi connectivity index (χ0n) is 12.4. The van der Waals surface area contributed by atoms with E-state index in [1.165, 1.54) is 0 Å². The molecule has 0 aliphatic rings. The lowest BCUT2D eigenvalue weighted by Gasteiger charge is -2.07. The molecule has 0 unspecified atom stereocenters. The summed E-state index contributed by atoms with van der Waals surface area (Å²) in [6, 6.07) is 7.87. The fourth-order valence-corrected chi connectivity index (χ4v) is 1.97. The number of carbonyl (C=O) groups is 1. The van der Waals surface area contributed by atoms with E-state index in [4.69, 9.17) is 9.15 Å². The number of nitrogens with one attached hydrogen (secondary N) is 1. The van der Waals surface area contributed by atoms with Crippen molar-refractivity contribution in [3.05, 3.63) is 41.6 Å². The lowest BCUT2D eigenvalue weighted by molar-refractivity contribution is -0.120. The van der Waals surface area contributed by atoms with Crippen molar-refractivity contribution in [2.75, 3.05) is 14.2 Å². The van der Waals surface area contributed by atoms with Gasteiger partial charge in [-0.05, 0) is 24.1 Å². The fourth-order valence-electron chi connectivity index (χ4n) is 1.97. The number of likely N-dealkylation sites (N-methyl/N-ethyl adjacent to an activating group) is 1. The molecule has 1 amide bonds. The van der Waals surface area contributed by atoms with Crippen LogP contribution < -0.4 is 10.1 Å². The summed E-state index contributed by atoms with van der Waals surface area (Å²) in [5.74, 6) is 1.66. The Kier molecular flexibility index (Phi) is 4.92. The van der Waals surface area contributed by atoms with Gasteiger partial charge in [0.15, 0.2) is 0 Å². The number of aromatic nitrogens is 2. The maximum Gasteiger partial charge on any atom is 0.229 e. The van der Waals surface area contributed by atoms with Gasteiger partial charge in [-0.15, -0.1) is 10.2 Å². The first kappa shape index (κ1) is 15.0. The van der Waals surface area contributed by atoms with E-state index in [0.717, 1.165) is 17.7 Å². The smallest absolute Gasteiger partial charge is 0.229 e. The Morgan fingerprint density at radius 3 is 2.67 bits per heavy atom. The Bertz CT molecular complexity index is 592. The van der Waals surface area contributed by atoms with Gasteiger partial charge in [0.05, 0.1) is 7.11 Å².